The van der Waals surface area contributed by atoms with Crippen LogP contribution in [0.1, 0.15) is 47.8 Å². The van der Waals surface area contributed by atoms with Gasteiger partial charge in [0.2, 0.25) is 5.91 Å². The highest BCUT2D eigenvalue weighted by atomic mass is 19.1. The molecule has 0 aliphatic rings. The molecule has 3 rings (SSSR count). The van der Waals surface area contributed by atoms with Gasteiger partial charge in [-0.25, -0.2) is 4.39 Å². The zero-order valence-corrected chi connectivity index (χ0v) is 19.5. The van der Waals surface area contributed by atoms with Crippen LogP contribution >= 0.6 is 0 Å². The van der Waals surface area contributed by atoms with Crippen molar-refractivity contribution in [2.24, 2.45) is 0 Å². The zero-order valence-electron chi connectivity index (χ0n) is 19.5. The molecule has 0 aromatic heterocycles. The summed E-state index contributed by atoms with van der Waals surface area (Å²) >= 11 is 0. The van der Waals surface area contributed by atoms with Gasteiger partial charge in [0.15, 0.2) is 0 Å². The van der Waals surface area contributed by atoms with E-state index in [-0.39, 0.29) is 23.7 Å². The molecule has 2 amide bonds. The van der Waals surface area contributed by atoms with E-state index in [0.717, 1.165) is 16.8 Å². The topological polar surface area (TPSA) is 52.7 Å². The van der Waals surface area contributed by atoms with Gasteiger partial charge in [-0.1, -0.05) is 37.3 Å². The van der Waals surface area contributed by atoms with Crippen molar-refractivity contribution in [3.8, 4) is 0 Å². The van der Waals surface area contributed by atoms with E-state index in [2.05, 4.69) is 5.32 Å². The molecular formula is C27H30FN3O2. The number of carbonyl (C=O) groups excluding carboxylic acids is 2. The maximum Gasteiger partial charge on any atom is 0.254 e. The van der Waals surface area contributed by atoms with E-state index in [1.165, 1.54) is 24.3 Å². The minimum atomic E-state index is -0.386. The third-order valence-electron chi connectivity index (χ3n) is 5.61. The number of rotatable bonds is 8. The highest BCUT2D eigenvalue weighted by Crippen LogP contribution is 2.30. The minimum Gasteiger partial charge on any atom is -0.377 e. The molecule has 0 radical (unpaired) electrons. The summed E-state index contributed by atoms with van der Waals surface area (Å²) < 4.78 is 13.5. The third kappa shape index (κ3) is 5.98. The van der Waals surface area contributed by atoms with Crippen molar-refractivity contribution in [2.45, 2.75) is 32.9 Å². The summed E-state index contributed by atoms with van der Waals surface area (Å²) in [6.07, 6.45) is 0.380. The molecule has 172 valence electrons. The van der Waals surface area contributed by atoms with Crippen LogP contribution in [0.4, 0.5) is 15.8 Å². The summed E-state index contributed by atoms with van der Waals surface area (Å²) in [5.41, 5.74) is 3.94. The molecule has 3 aromatic rings. The van der Waals surface area contributed by atoms with Gasteiger partial charge in [0.1, 0.15) is 5.82 Å². The van der Waals surface area contributed by atoms with E-state index in [0.29, 0.717) is 24.2 Å². The van der Waals surface area contributed by atoms with Crippen LogP contribution < -0.4 is 10.2 Å². The predicted octanol–water partition coefficient (Wildman–Crippen LogP) is 5.64. The van der Waals surface area contributed by atoms with Gasteiger partial charge >= 0.3 is 0 Å². The summed E-state index contributed by atoms with van der Waals surface area (Å²) in [6, 6.07) is 20.9. The van der Waals surface area contributed by atoms with Crippen molar-refractivity contribution in [3.05, 3.63) is 95.3 Å². The van der Waals surface area contributed by atoms with Gasteiger partial charge in [0.25, 0.3) is 5.91 Å². The normalized spacial score (nSPS) is 11.5. The SMILES string of the molecule is CCC(=O)Nc1ccc(N(C)C)c(CN(C(=O)c2ccc(F)cc2)[C@H](C)c2ccccc2)c1. The molecule has 0 unspecified atom stereocenters. The van der Waals surface area contributed by atoms with Crippen LogP contribution in [0.3, 0.4) is 0 Å². The lowest BCUT2D eigenvalue weighted by Gasteiger charge is -2.31. The molecule has 3 aromatic carbocycles. The first-order valence-corrected chi connectivity index (χ1v) is 11.0. The summed E-state index contributed by atoms with van der Waals surface area (Å²) in [5, 5.41) is 2.90. The molecule has 0 aliphatic carbocycles. The molecule has 0 aliphatic heterocycles. The van der Waals surface area contributed by atoms with Crippen LogP contribution in [0.25, 0.3) is 0 Å². The Morgan fingerprint density at radius 1 is 0.970 bits per heavy atom. The van der Waals surface area contributed by atoms with Crippen LogP contribution in [0, 0.1) is 5.82 Å². The van der Waals surface area contributed by atoms with Crippen LogP contribution in [0.2, 0.25) is 0 Å². The Hall–Kier alpha value is -3.67. The van der Waals surface area contributed by atoms with Gasteiger partial charge in [0, 0.05) is 44.0 Å². The number of halogens is 1. The van der Waals surface area contributed by atoms with Crippen molar-refractivity contribution in [1.29, 1.82) is 0 Å². The summed E-state index contributed by atoms with van der Waals surface area (Å²) in [6.45, 7) is 4.10. The highest BCUT2D eigenvalue weighted by molar-refractivity contribution is 5.94. The molecule has 33 heavy (non-hydrogen) atoms. The molecular weight excluding hydrogens is 417 g/mol. The fourth-order valence-corrected chi connectivity index (χ4v) is 3.71. The van der Waals surface area contributed by atoms with E-state index in [1.54, 1.807) is 11.8 Å². The van der Waals surface area contributed by atoms with E-state index < -0.39 is 0 Å². The fourth-order valence-electron chi connectivity index (χ4n) is 3.71. The Kier molecular flexibility index (Phi) is 7.83. The number of benzene rings is 3. The number of nitrogens with one attached hydrogen (secondary N) is 1. The van der Waals surface area contributed by atoms with Gasteiger partial charge < -0.3 is 15.1 Å². The van der Waals surface area contributed by atoms with E-state index in [4.69, 9.17) is 0 Å². The summed E-state index contributed by atoms with van der Waals surface area (Å²) in [4.78, 5) is 29.3. The molecule has 0 bridgehead atoms. The number of hydrogen-bond donors (Lipinski definition) is 1. The number of nitrogens with zero attached hydrogens (tertiary/aromatic N) is 2. The molecule has 0 saturated heterocycles. The summed E-state index contributed by atoms with van der Waals surface area (Å²) in [7, 11) is 3.88. The van der Waals surface area contributed by atoms with Gasteiger partial charge in [0.05, 0.1) is 6.04 Å². The lowest BCUT2D eigenvalue weighted by Crippen LogP contribution is -2.33. The maximum absolute atomic E-state index is 13.6. The first-order valence-electron chi connectivity index (χ1n) is 11.0. The first-order chi connectivity index (χ1) is 15.8. The Balaban J connectivity index is 2.03. The fraction of sp³-hybridized carbons (Fsp3) is 0.259. The maximum atomic E-state index is 13.6. The zero-order chi connectivity index (χ0) is 24.0. The highest BCUT2D eigenvalue weighted by Gasteiger charge is 2.24. The quantitative estimate of drug-likeness (QED) is 0.486. The van der Waals surface area contributed by atoms with Crippen LogP contribution in [0.5, 0.6) is 0 Å². The summed E-state index contributed by atoms with van der Waals surface area (Å²) in [5.74, 6) is -0.655. The van der Waals surface area contributed by atoms with Crippen molar-refractivity contribution in [3.63, 3.8) is 0 Å². The Bertz CT molecular complexity index is 1100. The minimum absolute atomic E-state index is 0.0737. The van der Waals surface area contributed by atoms with Crippen LogP contribution in [-0.4, -0.2) is 30.8 Å². The van der Waals surface area contributed by atoms with Crippen molar-refractivity contribution < 1.29 is 14.0 Å². The number of amides is 2. The van der Waals surface area contributed by atoms with Crippen molar-refractivity contribution >= 4 is 23.2 Å². The monoisotopic (exact) mass is 447 g/mol. The van der Waals surface area contributed by atoms with Crippen LogP contribution in [-0.2, 0) is 11.3 Å². The molecule has 5 nitrogen and oxygen atoms in total. The largest absolute Gasteiger partial charge is 0.377 e. The Labute approximate surface area is 194 Å². The first kappa shape index (κ1) is 24.0. The molecule has 6 heteroatoms. The van der Waals surface area contributed by atoms with Gasteiger partial charge in [-0.3, -0.25) is 9.59 Å². The second kappa shape index (κ2) is 10.8. The number of anilines is 2. The number of hydrogen-bond acceptors (Lipinski definition) is 3. The molecule has 0 heterocycles. The third-order valence-corrected chi connectivity index (χ3v) is 5.61. The smallest absolute Gasteiger partial charge is 0.254 e. The molecule has 0 saturated carbocycles. The second-order valence-electron chi connectivity index (χ2n) is 8.17. The van der Waals surface area contributed by atoms with E-state index in [9.17, 15) is 14.0 Å². The van der Waals surface area contributed by atoms with E-state index >= 15 is 0 Å². The second-order valence-corrected chi connectivity index (χ2v) is 8.17. The van der Waals surface area contributed by atoms with Crippen LogP contribution in [0.15, 0.2) is 72.8 Å². The standard InChI is InChI=1S/C27H30FN3O2/c1-5-26(32)29-24-15-16-25(30(3)4)22(17-24)18-31(19(2)20-9-7-6-8-10-20)27(33)21-11-13-23(28)14-12-21/h6-17,19H,5,18H2,1-4H3,(H,29,32)/t19-/m1/s1. The molecule has 0 spiro atoms. The average Bonchev–Trinajstić information content (AvgIpc) is 2.82. The van der Waals surface area contributed by atoms with Crippen molar-refractivity contribution in [2.75, 3.05) is 24.3 Å². The van der Waals surface area contributed by atoms with Gasteiger partial charge in [-0.2, -0.15) is 0 Å². The number of carbonyl (C=O) groups is 2. The molecule has 1 N–H and O–H groups in total. The lowest BCUT2D eigenvalue weighted by molar-refractivity contribution is -0.115. The van der Waals surface area contributed by atoms with Gasteiger partial charge in [-0.05, 0) is 60.5 Å². The molecule has 1 atom stereocenters. The van der Waals surface area contributed by atoms with Gasteiger partial charge in [-0.15, -0.1) is 0 Å². The lowest BCUT2D eigenvalue weighted by atomic mass is 10.0. The average molecular weight is 448 g/mol. The Morgan fingerprint density at radius 3 is 2.24 bits per heavy atom. The Morgan fingerprint density at radius 2 is 1.64 bits per heavy atom. The van der Waals surface area contributed by atoms with Crippen molar-refractivity contribution in [1.82, 2.24) is 4.90 Å². The predicted molar refractivity (Wildman–Crippen MR) is 131 cm³/mol. The molecule has 0 fully saturated rings. The van der Waals surface area contributed by atoms with E-state index in [1.807, 2.05) is 74.4 Å².